The first-order valence-corrected chi connectivity index (χ1v) is 9.69. The van der Waals surface area contributed by atoms with Crippen LogP contribution in [0.5, 0.6) is 0 Å². The molecule has 2 N–H and O–H groups in total. The minimum atomic E-state index is -3.31. The van der Waals surface area contributed by atoms with E-state index in [-0.39, 0.29) is 17.8 Å². The van der Waals surface area contributed by atoms with Crippen LogP contribution in [0, 0.1) is 0 Å². The number of benzene rings is 1. The summed E-state index contributed by atoms with van der Waals surface area (Å²) in [6.45, 7) is 4.33. The van der Waals surface area contributed by atoms with Crippen molar-refractivity contribution in [2.75, 3.05) is 21.9 Å². The number of amides is 2. The van der Waals surface area contributed by atoms with Gasteiger partial charge in [0.15, 0.2) is 0 Å². The summed E-state index contributed by atoms with van der Waals surface area (Å²) in [5.41, 5.74) is 0.980. The molecule has 2 rings (SSSR count). The maximum Gasteiger partial charge on any atom is 0.319 e. The summed E-state index contributed by atoms with van der Waals surface area (Å²) in [6, 6.07) is 4.61. The number of sulfonamides is 1. The standard InChI is InChI=1S/C15H22ClN3O3S/c1-3-11(2)17-15(20)18-12-6-7-14(13(16)10-12)19-8-4-5-9-23(19,21)22/h6-7,10-11H,3-5,8-9H2,1-2H3,(H2,17,18,20). The second kappa shape index (κ2) is 7.40. The smallest absolute Gasteiger partial charge is 0.319 e. The van der Waals surface area contributed by atoms with Crippen LogP contribution < -0.4 is 14.9 Å². The van der Waals surface area contributed by atoms with E-state index >= 15 is 0 Å². The van der Waals surface area contributed by atoms with Crippen molar-refractivity contribution in [2.24, 2.45) is 0 Å². The van der Waals surface area contributed by atoms with Crippen LogP contribution in [0.15, 0.2) is 18.2 Å². The minimum Gasteiger partial charge on any atom is -0.335 e. The van der Waals surface area contributed by atoms with Crippen molar-refractivity contribution >= 4 is 39.0 Å². The van der Waals surface area contributed by atoms with E-state index in [0.29, 0.717) is 29.4 Å². The molecule has 1 aromatic carbocycles. The molecule has 2 amide bonds. The monoisotopic (exact) mass is 359 g/mol. The van der Waals surface area contributed by atoms with Crippen molar-refractivity contribution in [1.29, 1.82) is 0 Å². The zero-order valence-corrected chi connectivity index (χ0v) is 14.9. The van der Waals surface area contributed by atoms with Crippen molar-refractivity contribution in [2.45, 2.75) is 39.2 Å². The summed E-state index contributed by atoms with van der Waals surface area (Å²) < 4.78 is 25.6. The maximum absolute atomic E-state index is 12.1. The topological polar surface area (TPSA) is 78.5 Å². The average molecular weight is 360 g/mol. The summed E-state index contributed by atoms with van der Waals surface area (Å²) in [6.07, 6.45) is 2.32. The molecule has 128 valence electrons. The molecular formula is C15H22ClN3O3S. The molecule has 1 saturated heterocycles. The van der Waals surface area contributed by atoms with E-state index < -0.39 is 10.0 Å². The zero-order valence-electron chi connectivity index (χ0n) is 13.3. The van der Waals surface area contributed by atoms with Crippen LogP contribution in [-0.2, 0) is 10.0 Å². The number of halogens is 1. The molecule has 1 heterocycles. The third kappa shape index (κ3) is 4.51. The van der Waals surface area contributed by atoms with Gasteiger partial charge < -0.3 is 10.6 Å². The highest BCUT2D eigenvalue weighted by molar-refractivity contribution is 7.92. The number of carbonyl (C=O) groups is 1. The van der Waals surface area contributed by atoms with Crippen LogP contribution >= 0.6 is 11.6 Å². The fourth-order valence-corrected chi connectivity index (χ4v) is 4.33. The SMILES string of the molecule is CCC(C)NC(=O)Nc1ccc(N2CCCCS2(=O)=O)c(Cl)c1. The molecule has 0 spiro atoms. The highest BCUT2D eigenvalue weighted by atomic mass is 35.5. The molecule has 0 saturated carbocycles. The van der Waals surface area contributed by atoms with Gasteiger partial charge in [-0.05, 0) is 44.4 Å². The van der Waals surface area contributed by atoms with Crippen LogP contribution in [0.4, 0.5) is 16.2 Å². The molecule has 6 nitrogen and oxygen atoms in total. The largest absolute Gasteiger partial charge is 0.335 e. The fraction of sp³-hybridized carbons (Fsp3) is 0.533. The van der Waals surface area contributed by atoms with E-state index in [1.807, 2.05) is 13.8 Å². The lowest BCUT2D eigenvalue weighted by atomic mass is 10.2. The quantitative estimate of drug-likeness (QED) is 0.866. The molecule has 1 aromatic rings. The molecule has 0 radical (unpaired) electrons. The molecule has 1 aliphatic rings. The molecule has 0 bridgehead atoms. The van der Waals surface area contributed by atoms with Crippen LogP contribution in [0.1, 0.15) is 33.1 Å². The Morgan fingerprint density at radius 3 is 2.74 bits per heavy atom. The van der Waals surface area contributed by atoms with E-state index in [4.69, 9.17) is 11.6 Å². The van der Waals surface area contributed by atoms with Crippen molar-refractivity contribution in [1.82, 2.24) is 5.32 Å². The number of hydrogen-bond acceptors (Lipinski definition) is 3. The molecule has 1 unspecified atom stereocenters. The highest BCUT2D eigenvalue weighted by Gasteiger charge is 2.27. The summed E-state index contributed by atoms with van der Waals surface area (Å²) in [7, 11) is -3.31. The van der Waals surface area contributed by atoms with Crippen LogP contribution in [0.3, 0.4) is 0 Å². The molecule has 0 aromatic heterocycles. The molecule has 1 aliphatic heterocycles. The Hall–Kier alpha value is -1.47. The van der Waals surface area contributed by atoms with E-state index in [1.54, 1.807) is 18.2 Å². The lowest BCUT2D eigenvalue weighted by Crippen LogP contribution is -2.38. The van der Waals surface area contributed by atoms with Gasteiger partial charge in [-0.3, -0.25) is 4.31 Å². The molecule has 0 aliphatic carbocycles. The number of anilines is 2. The lowest BCUT2D eigenvalue weighted by Gasteiger charge is -2.29. The van der Waals surface area contributed by atoms with Gasteiger partial charge in [0.1, 0.15) is 0 Å². The number of urea groups is 1. The average Bonchev–Trinajstić information content (AvgIpc) is 2.47. The van der Waals surface area contributed by atoms with Gasteiger partial charge in [-0.15, -0.1) is 0 Å². The summed E-state index contributed by atoms with van der Waals surface area (Å²) in [4.78, 5) is 11.8. The van der Waals surface area contributed by atoms with Gasteiger partial charge in [-0.1, -0.05) is 18.5 Å². The van der Waals surface area contributed by atoms with Crippen LogP contribution in [0.2, 0.25) is 5.02 Å². The third-order valence-corrected chi connectivity index (χ3v) is 5.97. The maximum atomic E-state index is 12.1. The number of nitrogens with zero attached hydrogens (tertiary/aromatic N) is 1. The fourth-order valence-electron chi connectivity index (χ4n) is 2.34. The van der Waals surface area contributed by atoms with Crippen LogP contribution in [-0.4, -0.2) is 32.8 Å². The Labute approximate surface area is 142 Å². The Morgan fingerprint density at radius 2 is 2.13 bits per heavy atom. The van der Waals surface area contributed by atoms with Gasteiger partial charge in [0, 0.05) is 18.3 Å². The number of carbonyl (C=O) groups excluding carboxylic acids is 1. The van der Waals surface area contributed by atoms with E-state index in [1.165, 1.54) is 4.31 Å². The Balaban J connectivity index is 2.13. The highest BCUT2D eigenvalue weighted by Crippen LogP contribution is 2.32. The summed E-state index contributed by atoms with van der Waals surface area (Å²) >= 11 is 6.23. The molecule has 23 heavy (non-hydrogen) atoms. The predicted molar refractivity (Wildman–Crippen MR) is 93.7 cm³/mol. The minimum absolute atomic E-state index is 0.0724. The second-order valence-corrected chi connectivity index (χ2v) is 8.09. The zero-order chi connectivity index (χ0) is 17.0. The molecular weight excluding hydrogens is 338 g/mol. The Kier molecular flexibility index (Phi) is 5.75. The normalized spacial score (nSPS) is 18.3. The van der Waals surface area contributed by atoms with Gasteiger partial charge in [0.25, 0.3) is 0 Å². The number of rotatable bonds is 4. The van der Waals surface area contributed by atoms with Crippen molar-refractivity contribution in [3.63, 3.8) is 0 Å². The first-order chi connectivity index (χ1) is 10.8. The van der Waals surface area contributed by atoms with Gasteiger partial charge in [0.2, 0.25) is 10.0 Å². The number of hydrogen-bond donors (Lipinski definition) is 2. The van der Waals surface area contributed by atoms with E-state index in [9.17, 15) is 13.2 Å². The first kappa shape index (κ1) is 17.9. The van der Waals surface area contributed by atoms with Crippen molar-refractivity contribution in [3.05, 3.63) is 23.2 Å². The molecule has 8 heteroatoms. The Morgan fingerprint density at radius 1 is 1.39 bits per heavy atom. The second-order valence-electron chi connectivity index (χ2n) is 5.67. The van der Waals surface area contributed by atoms with Gasteiger partial charge in [-0.25, -0.2) is 13.2 Å². The summed E-state index contributed by atoms with van der Waals surface area (Å²) in [5, 5.41) is 5.79. The van der Waals surface area contributed by atoms with Crippen molar-refractivity contribution < 1.29 is 13.2 Å². The predicted octanol–water partition coefficient (Wildman–Crippen LogP) is 3.19. The third-order valence-electron chi connectivity index (χ3n) is 3.81. The van der Waals surface area contributed by atoms with E-state index in [0.717, 1.165) is 12.8 Å². The van der Waals surface area contributed by atoms with Crippen LogP contribution in [0.25, 0.3) is 0 Å². The molecule has 1 fully saturated rings. The first-order valence-electron chi connectivity index (χ1n) is 7.71. The number of nitrogens with one attached hydrogen (secondary N) is 2. The Bertz CT molecular complexity index is 679. The van der Waals surface area contributed by atoms with Gasteiger partial charge >= 0.3 is 6.03 Å². The van der Waals surface area contributed by atoms with Crippen molar-refractivity contribution in [3.8, 4) is 0 Å². The van der Waals surface area contributed by atoms with Gasteiger partial charge in [0.05, 0.1) is 16.5 Å². The molecule has 1 atom stereocenters. The van der Waals surface area contributed by atoms with E-state index in [2.05, 4.69) is 10.6 Å². The van der Waals surface area contributed by atoms with Gasteiger partial charge in [-0.2, -0.15) is 0 Å². The lowest BCUT2D eigenvalue weighted by molar-refractivity contribution is 0.249. The summed E-state index contributed by atoms with van der Waals surface area (Å²) in [5.74, 6) is 0.140.